The number of nitrogens with one attached hydrogen (secondary N) is 1. The van der Waals surface area contributed by atoms with Crippen LogP contribution in [0.4, 0.5) is 15.8 Å². The van der Waals surface area contributed by atoms with E-state index in [1.807, 2.05) is 0 Å². The van der Waals surface area contributed by atoms with Crippen molar-refractivity contribution in [3.63, 3.8) is 0 Å². The van der Waals surface area contributed by atoms with Crippen LogP contribution in [0.15, 0.2) is 40.1 Å². The molecule has 12 heteroatoms. The number of hydrogen-bond donors (Lipinski definition) is 2. The third-order valence-corrected chi connectivity index (χ3v) is 4.47. The summed E-state index contributed by atoms with van der Waals surface area (Å²) in [7, 11) is 0. The Bertz CT molecular complexity index is 1020. The number of amides is 1. The van der Waals surface area contributed by atoms with Crippen LogP contribution in [0, 0.1) is 22.9 Å². The number of carbonyl (C=O) groups is 1. The summed E-state index contributed by atoms with van der Waals surface area (Å²) in [6, 6.07) is 4.56. The Balaban J connectivity index is 1.67. The van der Waals surface area contributed by atoms with E-state index in [0.717, 1.165) is 30.0 Å². The molecule has 0 unspecified atom stereocenters. The molecule has 0 spiro atoms. The number of aryl methyl sites for hydroxylation is 1. The topological polar surface area (TPSA) is 142 Å². The molecule has 0 saturated carbocycles. The van der Waals surface area contributed by atoms with Gasteiger partial charge in [0.05, 0.1) is 28.2 Å². The zero-order valence-electron chi connectivity index (χ0n) is 13.9. The number of nitrogen functional groups attached to an aromatic ring is 1. The van der Waals surface area contributed by atoms with Gasteiger partial charge >= 0.3 is 0 Å². The van der Waals surface area contributed by atoms with Gasteiger partial charge in [-0.3, -0.25) is 14.9 Å². The first-order valence-electron chi connectivity index (χ1n) is 7.48. The van der Waals surface area contributed by atoms with Gasteiger partial charge in [0.1, 0.15) is 11.6 Å². The maximum absolute atomic E-state index is 13.7. The summed E-state index contributed by atoms with van der Waals surface area (Å²) in [6.45, 7) is 1.75. The number of nitro groups is 1. The van der Waals surface area contributed by atoms with Crippen LogP contribution < -0.4 is 11.2 Å². The van der Waals surface area contributed by atoms with Crippen LogP contribution >= 0.6 is 11.8 Å². The third-order valence-electron chi connectivity index (χ3n) is 3.53. The molecule has 0 atom stereocenters. The summed E-state index contributed by atoms with van der Waals surface area (Å²) in [5, 5.41) is 21.2. The second kappa shape index (κ2) is 7.45. The number of nitrogens with zero attached hydrogens (tertiary/aromatic N) is 4. The Morgan fingerprint density at radius 1 is 1.44 bits per heavy atom. The quantitative estimate of drug-likeness (QED) is 0.282. The smallest absolute Gasteiger partial charge is 0.271 e. The maximum atomic E-state index is 13.7. The molecular formula is C15H13FN6O4S. The van der Waals surface area contributed by atoms with Gasteiger partial charge in [0, 0.05) is 12.1 Å². The lowest BCUT2D eigenvalue weighted by Gasteiger charge is -2.06. The van der Waals surface area contributed by atoms with E-state index in [0.29, 0.717) is 17.1 Å². The van der Waals surface area contributed by atoms with Crippen molar-refractivity contribution in [2.24, 2.45) is 0 Å². The largest absolute Gasteiger partial charge is 0.469 e. The molecule has 0 aliphatic heterocycles. The molecule has 0 bridgehead atoms. The first-order chi connectivity index (χ1) is 12.9. The number of hydrogen-bond acceptors (Lipinski definition) is 8. The standard InChI is InChI=1S/C15H13FN6O4S/c1-8-10(4-5-26-8)14-19-20-15(21(14)17)27-7-13(23)18-12-6-9(22(24)25)2-3-11(12)16/h2-6H,7,17H2,1H3,(H,18,23). The van der Waals surface area contributed by atoms with Crippen molar-refractivity contribution in [2.45, 2.75) is 12.1 Å². The molecule has 2 heterocycles. The Morgan fingerprint density at radius 3 is 2.89 bits per heavy atom. The number of non-ortho nitro benzene ring substituents is 1. The molecule has 3 rings (SSSR count). The van der Waals surface area contributed by atoms with Gasteiger partial charge in [-0.1, -0.05) is 11.8 Å². The highest BCUT2D eigenvalue weighted by molar-refractivity contribution is 7.99. The van der Waals surface area contributed by atoms with Crippen LogP contribution in [0.1, 0.15) is 5.76 Å². The van der Waals surface area contributed by atoms with Crippen LogP contribution in [0.5, 0.6) is 0 Å². The number of benzene rings is 1. The van der Waals surface area contributed by atoms with Crippen LogP contribution in [0.3, 0.4) is 0 Å². The summed E-state index contributed by atoms with van der Waals surface area (Å²) in [4.78, 5) is 22.1. The van der Waals surface area contributed by atoms with Gasteiger partial charge in [-0.25, -0.2) is 9.07 Å². The zero-order chi connectivity index (χ0) is 19.6. The summed E-state index contributed by atoms with van der Waals surface area (Å²) < 4.78 is 20.1. The first kappa shape index (κ1) is 18.4. The number of aromatic nitrogens is 3. The van der Waals surface area contributed by atoms with Crippen molar-refractivity contribution in [1.82, 2.24) is 14.9 Å². The lowest BCUT2D eigenvalue weighted by atomic mass is 10.2. The highest BCUT2D eigenvalue weighted by Gasteiger charge is 2.18. The molecule has 0 aliphatic rings. The van der Waals surface area contributed by atoms with E-state index >= 15 is 0 Å². The molecule has 27 heavy (non-hydrogen) atoms. The maximum Gasteiger partial charge on any atom is 0.271 e. The predicted molar refractivity (Wildman–Crippen MR) is 95.0 cm³/mol. The van der Waals surface area contributed by atoms with E-state index in [1.165, 1.54) is 10.9 Å². The van der Waals surface area contributed by atoms with Crippen LogP contribution in [0.2, 0.25) is 0 Å². The van der Waals surface area contributed by atoms with Gasteiger partial charge < -0.3 is 15.6 Å². The number of halogens is 1. The molecule has 0 saturated heterocycles. The Morgan fingerprint density at radius 2 is 2.22 bits per heavy atom. The van der Waals surface area contributed by atoms with Gasteiger partial charge in [0.2, 0.25) is 11.1 Å². The lowest BCUT2D eigenvalue weighted by molar-refractivity contribution is -0.384. The van der Waals surface area contributed by atoms with E-state index in [2.05, 4.69) is 15.5 Å². The van der Waals surface area contributed by atoms with Gasteiger partial charge in [0.25, 0.3) is 5.69 Å². The highest BCUT2D eigenvalue weighted by Crippen LogP contribution is 2.25. The molecule has 2 aromatic heterocycles. The predicted octanol–water partition coefficient (Wildman–Crippen LogP) is 2.34. The zero-order valence-corrected chi connectivity index (χ0v) is 14.7. The van der Waals surface area contributed by atoms with E-state index in [-0.39, 0.29) is 22.3 Å². The minimum atomic E-state index is -0.779. The summed E-state index contributed by atoms with van der Waals surface area (Å²) in [5.74, 6) is 5.42. The molecular weight excluding hydrogens is 379 g/mol. The summed E-state index contributed by atoms with van der Waals surface area (Å²) >= 11 is 0.980. The number of nitro benzene ring substituents is 1. The Hall–Kier alpha value is -3.41. The molecule has 1 aromatic carbocycles. The van der Waals surface area contributed by atoms with Crippen LogP contribution in [-0.2, 0) is 4.79 Å². The lowest BCUT2D eigenvalue weighted by Crippen LogP contribution is -2.17. The number of anilines is 1. The average Bonchev–Trinajstić information content (AvgIpc) is 3.20. The van der Waals surface area contributed by atoms with Crippen molar-refractivity contribution >= 4 is 29.0 Å². The van der Waals surface area contributed by atoms with Crippen LogP contribution in [0.25, 0.3) is 11.4 Å². The fourth-order valence-corrected chi connectivity index (χ4v) is 2.87. The number of furan rings is 1. The first-order valence-corrected chi connectivity index (χ1v) is 8.47. The van der Waals surface area contributed by atoms with Gasteiger partial charge in [-0.2, -0.15) is 0 Å². The molecule has 10 nitrogen and oxygen atoms in total. The van der Waals surface area contributed by atoms with Crippen molar-refractivity contribution < 1.29 is 18.5 Å². The molecule has 3 aromatic rings. The van der Waals surface area contributed by atoms with E-state index < -0.39 is 16.6 Å². The molecule has 3 N–H and O–H groups in total. The van der Waals surface area contributed by atoms with Gasteiger partial charge in [-0.15, -0.1) is 10.2 Å². The van der Waals surface area contributed by atoms with Crippen molar-refractivity contribution in [3.05, 3.63) is 52.2 Å². The van der Waals surface area contributed by atoms with Crippen molar-refractivity contribution in [3.8, 4) is 11.4 Å². The van der Waals surface area contributed by atoms with Gasteiger partial charge in [0.15, 0.2) is 5.82 Å². The number of rotatable bonds is 6. The van der Waals surface area contributed by atoms with E-state index in [4.69, 9.17) is 10.3 Å². The minimum absolute atomic E-state index is 0.151. The second-order valence-corrected chi connectivity index (χ2v) is 6.27. The average molecular weight is 392 g/mol. The normalized spacial score (nSPS) is 10.7. The molecule has 0 aliphatic carbocycles. The van der Waals surface area contributed by atoms with E-state index in [9.17, 15) is 19.3 Å². The molecule has 1 amide bonds. The summed E-state index contributed by atoms with van der Waals surface area (Å²) in [5.41, 5.74) is 0.0554. The molecule has 0 radical (unpaired) electrons. The molecule has 0 fully saturated rings. The fraction of sp³-hybridized carbons (Fsp3) is 0.133. The van der Waals surface area contributed by atoms with E-state index in [1.54, 1.807) is 13.0 Å². The Labute approximate surface area is 155 Å². The fourth-order valence-electron chi connectivity index (χ4n) is 2.22. The van der Waals surface area contributed by atoms with Gasteiger partial charge in [-0.05, 0) is 19.1 Å². The summed E-state index contributed by atoms with van der Waals surface area (Å²) in [6.07, 6.45) is 1.49. The number of thioether (sulfide) groups is 1. The van der Waals surface area contributed by atoms with Crippen molar-refractivity contribution in [2.75, 3.05) is 16.9 Å². The highest BCUT2D eigenvalue weighted by atomic mass is 32.2. The Kier molecular flexibility index (Phi) is 5.07. The second-order valence-electron chi connectivity index (χ2n) is 5.32. The van der Waals surface area contributed by atoms with Crippen LogP contribution in [-0.4, -0.2) is 31.5 Å². The number of nitrogens with two attached hydrogens (primary N) is 1. The van der Waals surface area contributed by atoms with Crippen molar-refractivity contribution in [1.29, 1.82) is 0 Å². The number of carbonyl (C=O) groups excluding carboxylic acids is 1. The molecule has 140 valence electrons. The minimum Gasteiger partial charge on any atom is -0.469 e. The third kappa shape index (κ3) is 3.89. The monoisotopic (exact) mass is 392 g/mol. The SMILES string of the molecule is Cc1occc1-c1nnc(SCC(=O)Nc2cc([N+](=O)[O-])ccc2F)n1N.